The number of ether oxygens (including phenoxy) is 2. The molecular formula is C11H17N3O3. The van der Waals surface area contributed by atoms with Crippen LogP contribution in [-0.2, 0) is 16.5 Å². The minimum atomic E-state index is -0.457. The number of esters is 1. The standard InChI is InChI=1S/C11H17N3O3/c1-3-17-11(15)9-12-10(14(2)13-9)8-4-6-16-7-5-8/h8H,3-7H2,1-2H3. The topological polar surface area (TPSA) is 66.2 Å². The van der Waals surface area contributed by atoms with E-state index in [1.165, 1.54) is 0 Å². The van der Waals surface area contributed by atoms with Gasteiger partial charge in [0.25, 0.3) is 5.82 Å². The smallest absolute Gasteiger partial charge is 0.378 e. The summed E-state index contributed by atoms with van der Waals surface area (Å²) in [4.78, 5) is 15.8. The monoisotopic (exact) mass is 239 g/mol. The summed E-state index contributed by atoms with van der Waals surface area (Å²) in [5.41, 5.74) is 0. The maximum absolute atomic E-state index is 11.5. The van der Waals surface area contributed by atoms with E-state index in [1.807, 2.05) is 0 Å². The van der Waals surface area contributed by atoms with Crippen molar-refractivity contribution in [2.75, 3.05) is 19.8 Å². The molecule has 0 N–H and O–H groups in total. The summed E-state index contributed by atoms with van der Waals surface area (Å²) in [6.07, 6.45) is 1.85. The third-order valence-electron chi connectivity index (χ3n) is 2.84. The van der Waals surface area contributed by atoms with Crippen molar-refractivity contribution < 1.29 is 14.3 Å². The number of aromatic nitrogens is 3. The van der Waals surface area contributed by atoms with E-state index < -0.39 is 5.97 Å². The third-order valence-corrected chi connectivity index (χ3v) is 2.84. The van der Waals surface area contributed by atoms with E-state index in [9.17, 15) is 4.79 Å². The van der Waals surface area contributed by atoms with Crippen LogP contribution in [0.4, 0.5) is 0 Å². The summed E-state index contributed by atoms with van der Waals surface area (Å²) < 4.78 is 11.9. The molecule has 0 radical (unpaired) electrons. The van der Waals surface area contributed by atoms with Crippen LogP contribution < -0.4 is 0 Å². The van der Waals surface area contributed by atoms with Crippen LogP contribution in [-0.4, -0.2) is 40.6 Å². The molecule has 0 aliphatic carbocycles. The van der Waals surface area contributed by atoms with E-state index in [2.05, 4.69) is 10.1 Å². The lowest BCUT2D eigenvalue weighted by atomic mass is 10.00. The molecular weight excluding hydrogens is 222 g/mol. The van der Waals surface area contributed by atoms with Crippen molar-refractivity contribution in [1.82, 2.24) is 14.8 Å². The Morgan fingerprint density at radius 3 is 2.88 bits per heavy atom. The summed E-state index contributed by atoms with van der Waals surface area (Å²) >= 11 is 0. The lowest BCUT2D eigenvalue weighted by Crippen LogP contribution is -2.17. The molecule has 0 spiro atoms. The van der Waals surface area contributed by atoms with Crippen LogP contribution in [0.15, 0.2) is 0 Å². The van der Waals surface area contributed by atoms with Crippen LogP contribution in [0.3, 0.4) is 0 Å². The Labute approximate surface area is 99.9 Å². The van der Waals surface area contributed by atoms with Gasteiger partial charge in [-0.2, -0.15) is 0 Å². The number of rotatable bonds is 3. The second kappa shape index (κ2) is 5.27. The first-order chi connectivity index (χ1) is 8.22. The van der Waals surface area contributed by atoms with Gasteiger partial charge in [-0.15, -0.1) is 5.10 Å². The van der Waals surface area contributed by atoms with Crippen LogP contribution in [0.1, 0.15) is 42.1 Å². The molecule has 1 aromatic rings. The summed E-state index contributed by atoms with van der Waals surface area (Å²) in [5, 5.41) is 4.09. The highest BCUT2D eigenvalue weighted by molar-refractivity contribution is 5.84. The van der Waals surface area contributed by atoms with Gasteiger partial charge >= 0.3 is 5.97 Å². The zero-order valence-corrected chi connectivity index (χ0v) is 10.2. The number of nitrogens with zero attached hydrogens (tertiary/aromatic N) is 3. The van der Waals surface area contributed by atoms with Crippen molar-refractivity contribution in [1.29, 1.82) is 0 Å². The molecule has 6 heteroatoms. The molecule has 2 rings (SSSR count). The van der Waals surface area contributed by atoms with Crippen LogP contribution in [0.25, 0.3) is 0 Å². The van der Waals surface area contributed by atoms with Gasteiger partial charge in [-0.3, -0.25) is 4.68 Å². The lowest BCUT2D eigenvalue weighted by molar-refractivity contribution is 0.0511. The van der Waals surface area contributed by atoms with Crippen molar-refractivity contribution in [2.45, 2.75) is 25.7 Å². The second-order valence-corrected chi connectivity index (χ2v) is 4.02. The molecule has 0 bridgehead atoms. The van der Waals surface area contributed by atoms with Crippen LogP contribution in [0.2, 0.25) is 0 Å². The van der Waals surface area contributed by atoms with Gasteiger partial charge < -0.3 is 9.47 Å². The van der Waals surface area contributed by atoms with E-state index in [0.29, 0.717) is 12.5 Å². The van der Waals surface area contributed by atoms with Gasteiger partial charge in [0.05, 0.1) is 6.61 Å². The van der Waals surface area contributed by atoms with E-state index in [-0.39, 0.29) is 5.82 Å². The minimum absolute atomic E-state index is 0.149. The van der Waals surface area contributed by atoms with Gasteiger partial charge in [0.2, 0.25) is 0 Å². The van der Waals surface area contributed by atoms with Crippen LogP contribution >= 0.6 is 0 Å². The summed E-state index contributed by atoms with van der Waals surface area (Å²) in [6, 6.07) is 0. The average molecular weight is 239 g/mol. The van der Waals surface area contributed by atoms with Crippen molar-refractivity contribution in [2.24, 2.45) is 7.05 Å². The molecule has 94 valence electrons. The van der Waals surface area contributed by atoms with Crippen molar-refractivity contribution in [3.05, 3.63) is 11.6 Å². The number of hydrogen-bond acceptors (Lipinski definition) is 5. The number of hydrogen-bond donors (Lipinski definition) is 0. The highest BCUT2D eigenvalue weighted by Crippen LogP contribution is 2.24. The molecule has 1 aliphatic heterocycles. The molecule has 1 aliphatic rings. The third kappa shape index (κ3) is 2.63. The van der Waals surface area contributed by atoms with E-state index in [4.69, 9.17) is 9.47 Å². The molecule has 0 aromatic carbocycles. The van der Waals surface area contributed by atoms with E-state index in [1.54, 1.807) is 18.7 Å². The molecule has 2 heterocycles. The highest BCUT2D eigenvalue weighted by atomic mass is 16.5. The average Bonchev–Trinajstić information content (AvgIpc) is 2.73. The molecule has 17 heavy (non-hydrogen) atoms. The molecule has 1 saturated heterocycles. The van der Waals surface area contributed by atoms with E-state index >= 15 is 0 Å². The largest absolute Gasteiger partial charge is 0.460 e. The normalized spacial score (nSPS) is 17.1. The molecule has 0 unspecified atom stereocenters. The molecule has 1 aromatic heterocycles. The SMILES string of the molecule is CCOC(=O)c1nc(C2CCOCC2)n(C)n1. The highest BCUT2D eigenvalue weighted by Gasteiger charge is 2.24. The fraction of sp³-hybridized carbons (Fsp3) is 0.727. The first kappa shape index (κ1) is 12.0. The Balaban J connectivity index is 2.15. The van der Waals surface area contributed by atoms with E-state index in [0.717, 1.165) is 31.9 Å². The van der Waals surface area contributed by atoms with Gasteiger partial charge in [-0.05, 0) is 19.8 Å². The number of carbonyl (C=O) groups is 1. The fourth-order valence-electron chi connectivity index (χ4n) is 1.99. The Kier molecular flexibility index (Phi) is 3.73. The van der Waals surface area contributed by atoms with Gasteiger partial charge in [-0.25, -0.2) is 9.78 Å². The molecule has 0 atom stereocenters. The summed E-state index contributed by atoms with van der Waals surface area (Å²) in [6.45, 7) is 3.59. The molecule has 0 saturated carbocycles. The van der Waals surface area contributed by atoms with Crippen LogP contribution in [0, 0.1) is 0 Å². The van der Waals surface area contributed by atoms with Gasteiger partial charge in [0.1, 0.15) is 5.82 Å². The quantitative estimate of drug-likeness (QED) is 0.733. The summed E-state index contributed by atoms with van der Waals surface area (Å²) in [5.74, 6) is 0.859. The first-order valence-electron chi connectivity index (χ1n) is 5.88. The predicted octanol–water partition coefficient (Wildman–Crippen LogP) is 0.886. The molecule has 1 fully saturated rings. The Morgan fingerprint density at radius 2 is 2.24 bits per heavy atom. The molecule has 6 nitrogen and oxygen atoms in total. The van der Waals surface area contributed by atoms with Crippen molar-refractivity contribution >= 4 is 5.97 Å². The number of aryl methyl sites for hydroxylation is 1. The Morgan fingerprint density at radius 1 is 1.53 bits per heavy atom. The minimum Gasteiger partial charge on any atom is -0.460 e. The summed E-state index contributed by atoms with van der Waals surface area (Å²) in [7, 11) is 1.81. The first-order valence-corrected chi connectivity index (χ1v) is 5.88. The zero-order valence-electron chi connectivity index (χ0n) is 10.2. The Bertz CT molecular complexity index is 397. The van der Waals surface area contributed by atoms with Gasteiger partial charge in [0.15, 0.2) is 0 Å². The fourth-order valence-corrected chi connectivity index (χ4v) is 1.99. The maximum Gasteiger partial charge on any atom is 0.378 e. The lowest BCUT2D eigenvalue weighted by Gasteiger charge is -2.20. The predicted molar refractivity (Wildman–Crippen MR) is 59.8 cm³/mol. The number of carbonyl (C=O) groups excluding carboxylic acids is 1. The Hall–Kier alpha value is -1.43. The second-order valence-electron chi connectivity index (χ2n) is 4.02. The van der Waals surface area contributed by atoms with Gasteiger partial charge in [-0.1, -0.05) is 0 Å². The van der Waals surface area contributed by atoms with Crippen LogP contribution in [0.5, 0.6) is 0 Å². The zero-order chi connectivity index (χ0) is 12.3. The van der Waals surface area contributed by atoms with Gasteiger partial charge in [0, 0.05) is 26.2 Å². The maximum atomic E-state index is 11.5. The van der Waals surface area contributed by atoms with Crippen molar-refractivity contribution in [3.63, 3.8) is 0 Å². The molecule has 0 amide bonds. The van der Waals surface area contributed by atoms with Crippen molar-refractivity contribution in [3.8, 4) is 0 Å².